The average Bonchev–Trinajstić information content (AvgIpc) is 3.55. The second-order valence-electron chi connectivity index (χ2n) is 7.67. The first-order valence-electron chi connectivity index (χ1n) is 10.1. The van der Waals surface area contributed by atoms with E-state index in [4.69, 9.17) is 4.52 Å². The summed E-state index contributed by atoms with van der Waals surface area (Å²) < 4.78 is 46.8. The molecule has 1 aromatic carbocycles. The Bertz CT molecular complexity index is 1460. The van der Waals surface area contributed by atoms with Crippen LogP contribution in [0.25, 0.3) is 21.7 Å². The number of rotatable bonds is 4. The number of nitrogens with zero attached hydrogens (tertiary/aromatic N) is 6. The molecule has 5 rings (SSSR count). The molecule has 0 aliphatic carbocycles. The molecule has 0 amide bonds. The lowest BCUT2D eigenvalue weighted by Gasteiger charge is -2.11. The predicted molar refractivity (Wildman–Crippen MR) is 114 cm³/mol. The second kappa shape index (κ2) is 7.83. The Morgan fingerprint density at radius 1 is 1.15 bits per heavy atom. The highest BCUT2D eigenvalue weighted by molar-refractivity contribution is 7.22. The topological polar surface area (TPSA) is 99.1 Å². The van der Waals surface area contributed by atoms with Crippen LogP contribution in [0.15, 0.2) is 38.4 Å². The maximum Gasteiger partial charge on any atom is 0.416 e. The Labute approximate surface area is 187 Å². The zero-order chi connectivity index (χ0) is 23.3. The summed E-state index contributed by atoms with van der Waals surface area (Å²) in [5.74, 6) is -0.0403. The molecule has 0 bridgehead atoms. The van der Waals surface area contributed by atoms with Crippen LogP contribution < -0.4 is 16.1 Å². The van der Waals surface area contributed by atoms with E-state index in [9.17, 15) is 22.8 Å². The summed E-state index contributed by atoms with van der Waals surface area (Å²) in [7, 11) is 1.37. The van der Waals surface area contributed by atoms with Crippen molar-refractivity contribution in [2.45, 2.75) is 25.6 Å². The highest BCUT2D eigenvalue weighted by Gasteiger charge is 2.31. The first-order valence-corrected chi connectivity index (χ1v) is 10.9. The molecule has 0 spiro atoms. The Balaban J connectivity index is 1.53. The van der Waals surface area contributed by atoms with E-state index in [0.717, 1.165) is 42.6 Å². The third-order valence-corrected chi connectivity index (χ3v) is 6.55. The predicted octanol–water partition coefficient (Wildman–Crippen LogP) is 2.87. The summed E-state index contributed by atoms with van der Waals surface area (Å²) in [5, 5.41) is 4.42. The molecule has 0 N–H and O–H groups in total. The minimum absolute atomic E-state index is 0.000170. The minimum atomic E-state index is -4.51. The van der Waals surface area contributed by atoms with Crippen LogP contribution in [0.2, 0.25) is 0 Å². The zero-order valence-electron chi connectivity index (χ0n) is 17.3. The van der Waals surface area contributed by atoms with Gasteiger partial charge in [-0.3, -0.25) is 13.9 Å². The molecule has 9 nitrogen and oxygen atoms in total. The normalized spacial score (nSPS) is 14.5. The van der Waals surface area contributed by atoms with Crippen LogP contribution in [0.1, 0.15) is 24.3 Å². The lowest BCUT2D eigenvalue weighted by molar-refractivity contribution is -0.137. The molecule has 13 heteroatoms. The maximum atomic E-state index is 13.0. The quantitative estimate of drug-likeness (QED) is 0.445. The number of benzene rings is 1. The number of aromatic nitrogens is 5. The van der Waals surface area contributed by atoms with Crippen LogP contribution in [0, 0.1) is 0 Å². The number of alkyl halides is 3. The summed E-state index contributed by atoms with van der Waals surface area (Å²) in [4.78, 5) is 36.2. The molecule has 3 aromatic heterocycles. The van der Waals surface area contributed by atoms with E-state index in [1.54, 1.807) is 0 Å². The molecular formula is C20H17F3N6O3S. The number of thiazole rings is 1. The van der Waals surface area contributed by atoms with Crippen LogP contribution in [0.4, 0.5) is 18.3 Å². The van der Waals surface area contributed by atoms with Gasteiger partial charge in [-0.25, -0.2) is 9.78 Å². The number of hydrogen-bond donors (Lipinski definition) is 0. The third kappa shape index (κ3) is 3.81. The van der Waals surface area contributed by atoms with Gasteiger partial charge in [0.25, 0.3) is 5.56 Å². The summed E-state index contributed by atoms with van der Waals surface area (Å²) in [6, 6.07) is 4.56. The zero-order valence-corrected chi connectivity index (χ0v) is 18.1. The van der Waals surface area contributed by atoms with Gasteiger partial charge in [-0.1, -0.05) is 28.6 Å². The van der Waals surface area contributed by atoms with E-state index in [-0.39, 0.29) is 29.5 Å². The minimum Gasteiger partial charge on any atom is -0.348 e. The number of halogens is 3. The van der Waals surface area contributed by atoms with Crippen LogP contribution >= 0.6 is 11.3 Å². The van der Waals surface area contributed by atoms with Crippen molar-refractivity contribution in [3.8, 4) is 11.4 Å². The van der Waals surface area contributed by atoms with Crippen LogP contribution in [-0.2, 0) is 19.8 Å². The summed E-state index contributed by atoms with van der Waals surface area (Å²) in [6.07, 6.45) is -2.45. The van der Waals surface area contributed by atoms with Gasteiger partial charge >= 0.3 is 11.9 Å². The van der Waals surface area contributed by atoms with E-state index >= 15 is 0 Å². The van der Waals surface area contributed by atoms with E-state index in [1.807, 2.05) is 0 Å². The smallest absolute Gasteiger partial charge is 0.348 e. The third-order valence-electron chi connectivity index (χ3n) is 5.46. The van der Waals surface area contributed by atoms with E-state index < -0.39 is 23.0 Å². The molecule has 33 heavy (non-hydrogen) atoms. The largest absolute Gasteiger partial charge is 0.416 e. The van der Waals surface area contributed by atoms with Crippen molar-refractivity contribution in [2.24, 2.45) is 7.05 Å². The van der Waals surface area contributed by atoms with Gasteiger partial charge in [0.2, 0.25) is 11.7 Å². The number of anilines is 1. The second-order valence-corrected chi connectivity index (χ2v) is 8.64. The van der Waals surface area contributed by atoms with Crippen LogP contribution in [-0.4, -0.2) is 37.3 Å². The lowest BCUT2D eigenvalue weighted by Crippen LogP contribution is -2.38. The molecule has 0 unspecified atom stereocenters. The highest BCUT2D eigenvalue weighted by Crippen LogP contribution is 2.32. The maximum absolute atomic E-state index is 13.0. The number of hydrogen-bond acceptors (Lipinski definition) is 8. The molecule has 172 valence electrons. The summed E-state index contributed by atoms with van der Waals surface area (Å²) in [6.45, 7) is 1.47. The van der Waals surface area contributed by atoms with Crippen LogP contribution in [0.5, 0.6) is 0 Å². The van der Waals surface area contributed by atoms with Gasteiger partial charge in [-0.2, -0.15) is 18.2 Å². The monoisotopic (exact) mass is 478 g/mol. The van der Waals surface area contributed by atoms with Gasteiger partial charge in [-0.15, -0.1) is 0 Å². The molecule has 4 aromatic rings. The fourth-order valence-corrected chi connectivity index (χ4v) is 4.82. The summed E-state index contributed by atoms with van der Waals surface area (Å²) in [5.41, 5.74) is -1.54. The average molecular weight is 478 g/mol. The van der Waals surface area contributed by atoms with Crippen molar-refractivity contribution in [3.05, 3.63) is 56.6 Å². The van der Waals surface area contributed by atoms with Gasteiger partial charge in [0.15, 0.2) is 10.8 Å². The van der Waals surface area contributed by atoms with Crippen molar-refractivity contribution < 1.29 is 17.7 Å². The molecular weight excluding hydrogens is 461 g/mol. The molecule has 1 aliphatic rings. The van der Waals surface area contributed by atoms with Crippen molar-refractivity contribution in [2.75, 3.05) is 18.0 Å². The van der Waals surface area contributed by atoms with E-state index in [1.165, 1.54) is 35.1 Å². The van der Waals surface area contributed by atoms with Gasteiger partial charge in [0.05, 0.1) is 5.56 Å². The van der Waals surface area contributed by atoms with Gasteiger partial charge in [0.1, 0.15) is 11.2 Å². The standard InChI is InChI=1S/C20H17F3N6O3S/c1-27-17(30)14-16(25-18(33-14)28-7-2-3-8-28)29(19(27)31)10-13-24-15(26-32-13)11-5-4-6-12(9-11)20(21,22)23/h4-6,9H,2-3,7-8,10H2,1H3. The molecule has 0 radical (unpaired) electrons. The Hall–Kier alpha value is -3.48. The molecule has 4 heterocycles. The Morgan fingerprint density at radius 3 is 2.64 bits per heavy atom. The molecule has 1 aliphatic heterocycles. The van der Waals surface area contributed by atoms with Crippen molar-refractivity contribution >= 4 is 26.8 Å². The van der Waals surface area contributed by atoms with Gasteiger partial charge < -0.3 is 9.42 Å². The van der Waals surface area contributed by atoms with Gasteiger partial charge in [0, 0.05) is 25.7 Å². The molecule has 0 atom stereocenters. The van der Waals surface area contributed by atoms with E-state index in [2.05, 4.69) is 20.0 Å². The summed E-state index contributed by atoms with van der Waals surface area (Å²) >= 11 is 1.22. The van der Waals surface area contributed by atoms with Crippen molar-refractivity contribution in [3.63, 3.8) is 0 Å². The van der Waals surface area contributed by atoms with Gasteiger partial charge in [-0.05, 0) is 25.0 Å². The fourth-order valence-electron chi connectivity index (χ4n) is 3.73. The highest BCUT2D eigenvalue weighted by atomic mass is 32.1. The molecule has 1 saturated heterocycles. The first-order chi connectivity index (χ1) is 15.7. The van der Waals surface area contributed by atoms with Crippen molar-refractivity contribution in [1.82, 2.24) is 24.3 Å². The number of fused-ring (bicyclic) bond motifs is 1. The Kier molecular flexibility index (Phi) is 5.07. The van der Waals surface area contributed by atoms with Crippen molar-refractivity contribution in [1.29, 1.82) is 0 Å². The molecule has 0 saturated carbocycles. The fraction of sp³-hybridized carbons (Fsp3) is 0.350. The Morgan fingerprint density at radius 2 is 1.91 bits per heavy atom. The lowest BCUT2D eigenvalue weighted by atomic mass is 10.1. The first kappa shape index (κ1) is 21.4. The van der Waals surface area contributed by atoms with E-state index in [0.29, 0.717) is 9.83 Å². The SMILES string of the molecule is Cn1c(=O)c2sc(N3CCCC3)nc2n(Cc2nc(-c3cccc(C(F)(F)F)c3)no2)c1=O. The van der Waals surface area contributed by atoms with Crippen LogP contribution in [0.3, 0.4) is 0 Å². The molecule has 1 fully saturated rings.